The minimum atomic E-state index is -0.777. The molecule has 1 saturated carbocycles. The minimum absolute atomic E-state index is 0.00413. The second-order valence-electron chi connectivity index (χ2n) is 8.07. The summed E-state index contributed by atoms with van der Waals surface area (Å²) in [5.41, 5.74) is 0. The Morgan fingerprint density at radius 2 is 2.03 bits per heavy atom. The maximum atomic E-state index is 10.6. The molecule has 4 unspecified atom stereocenters. The van der Waals surface area contributed by atoms with Crippen LogP contribution in [0.2, 0.25) is 0 Å². The van der Waals surface area contributed by atoms with E-state index in [1.54, 1.807) is 0 Å². The van der Waals surface area contributed by atoms with Crippen molar-refractivity contribution in [3.63, 3.8) is 0 Å². The molecule has 0 amide bonds. The number of hydrogen-bond acceptors (Lipinski definition) is 5. The van der Waals surface area contributed by atoms with E-state index in [4.69, 9.17) is 14.6 Å². The topological polar surface area (TPSA) is 99.8 Å². The van der Waals surface area contributed by atoms with Gasteiger partial charge in [-0.25, -0.2) is 0 Å². The first kappa shape index (κ1) is 23.6. The number of carbonyl (C=O) groups is 1. The normalized spacial score (nSPS) is 27.1. The van der Waals surface area contributed by atoms with Crippen LogP contribution >= 0.6 is 0 Å². The van der Waals surface area contributed by atoms with Crippen LogP contribution in [0.5, 0.6) is 0 Å². The van der Waals surface area contributed by atoms with Crippen molar-refractivity contribution in [1.82, 2.24) is 0 Å². The highest BCUT2D eigenvalue weighted by Crippen LogP contribution is 2.51. The molecule has 6 heteroatoms. The summed E-state index contributed by atoms with van der Waals surface area (Å²) in [5.74, 6) is -1.75. The second kappa shape index (κ2) is 12.1. The van der Waals surface area contributed by atoms with E-state index in [0.29, 0.717) is 38.9 Å². The summed E-state index contributed by atoms with van der Waals surface area (Å²) in [6, 6.07) is 2.41. The lowest BCUT2D eigenvalue weighted by atomic mass is 9.85. The number of allylic oxidation sites excluding steroid dienone is 3. The van der Waals surface area contributed by atoms with Crippen molar-refractivity contribution < 1.29 is 24.5 Å². The molecule has 1 spiro atoms. The summed E-state index contributed by atoms with van der Waals surface area (Å²) in [6.07, 6.45) is 14.1. The Morgan fingerprint density at radius 1 is 1.28 bits per heavy atom. The number of ether oxygens (including phenoxy) is 2. The summed E-state index contributed by atoms with van der Waals surface area (Å²) in [4.78, 5) is 10.6. The number of nitriles is 1. The molecule has 2 rings (SSSR count). The van der Waals surface area contributed by atoms with Crippen molar-refractivity contribution in [3.8, 4) is 6.07 Å². The fourth-order valence-electron chi connectivity index (χ4n) is 4.39. The zero-order chi connectivity index (χ0) is 21.1. The molecule has 0 radical (unpaired) electrons. The number of aliphatic hydroxyl groups is 1. The molecule has 4 atom stereocenters. The first-order valence-electron chi connectivity index (χ1n) is 10.9. The van der Waals surface area contributed by atoms with Crippen molar-refractivity contribution in [3.05, 3.63) is 24.3 Å². The number of rotatable bonds is 12. The van der Waals surface area contributed by atoms with E-state index in [1.165, 1.54) is 0 Å². The lowest BCUT2D eigenvalue weighted by molar-refractivity contribution is -0.184. The molecule has 0 aromatic rings. The van der Waals surface area contributed by atoms with E-state index < -0.39 is 17.9 Å². The van der Waals surface area contributed by atoms with Gasteiger partial charge in [-0.05, 0) is 25.7 Å². The van der Waals surface area contributed by atoms with E-state index in [1.807, 2.05) is 18.2 Å². The Labute approximate surface area is 174 Å². The highest BCUT2D eigenvalue weighted by molar-refractivity contribution is 5.66. The van der Waals surface area contributed by atoms with E-state index in [-0.39, 0.29) is 24.2 Å². The molecule has 29 heavy (non-hydrogen) atoms. The van der Waals surface area contributed by atoms with E-state index >= 15 is 0 Å². The third-order valence-electron chi connectivity index (χ3n) is 5.92. The van der Waals surface area contributed by atoms with Gasteiger partial charge >= 0.3 is 5.97 Å². The molecule has 0 aromatic carbocycles. The Kier molecular flexibility index (Phi) is 9.86. The van der Waals surface area contributed by atoms with Crippen molar-refractivity contribution >= 4 is 5.97 Å². The molecule has 1 aliphatic heterocycles. The molecular weight excluding hydrogens is 370 g/mol. The smallest absolute Gasteiger partial charge is 0.303 e. The number of carboxylic acids is 1. The van der Waals surface area contributed by atoms with Crippen molar-refractivity contribution in [2.75, 3.05) is 13.2 Å². The Bertz CT molecular complexity index is 603. The van der Waals surface area contributed by atoms with Gasteiger partial charge in [-0.1, -0.05) is 50.5 Å². The highest BCUT2D eigenvalue weighted by atomic mass is 16.7. The van der Waals surface area contributed by atoms with Gasteiger partial charge in [-0.2, -0.15) is 5.26 Å². The third kappa shape index (κ3) is 6.95. The van der Waals surface area contributed by atoms with Gasteiger partial charge in [0.15, 0.2) is 5.79 Å². The molecule has 0 aromatic heterocycles. The van der Waals surface area contributed by atoms with Gasteiger partial charge in [0, 0.05) is 24.7 Å². The van der Waals surface area contributed by atoms with Crippen LogP contribution in [0.1, 0.15) is 64.7 Å². The lowest BCUT2D eigenvalue weighted by Crippen LogP contribution is -2.36. The molecule has 6 nitrogen and oxygen atoms in total. The van der Waals surface area contributed by atoms with Crippen LogP contribution in [0.4, 0.5) is 0 Å². The molecule has 0 bridgehead atoms. The number of hydrogen-bond donors (Lipinski definition) is 2. The van der Waals surface area contributed by atoms with Crippen LogP contribution in [-0.2, 0) is 14.3 Å². The van der Waals surface area contributed by atoms with Crippen LogP contribution in [0.25, 0.3) is 0 Å². The summed E-state index contributed by atoms with van der Waals surface area (Å²) >= 11 is 0. The molecule has 1 aliphatic carbocycles. The largest absolute Gasteiger partial charge is 0.481 e. The zero-order valence-electron chi connectivity index (χ0n) is 17.5. The maximum Gasteiger partial charge on any atom is 0.303 e. The van der Waals surface area contributed by atoms with E-state index in [2.05, 4.69) is 19.1 Å². The van der Waals surface area contributed by atoms with Gasteiger partial charge in [0.25, 0.3) is 0 Å². The molecule has 2 N–H and O–H groups in total. The summed E-state index contributed by atoms with van der Waals surface area (Å²) in [7, 11) is 0. The number of aliphatic hydroxyl groups excluding tert-OH is 1. The van der Waals surface area contributed by atoms with Gasteiger partial charge in [0.1, 0.15) is 0 Å². The summed E-state index contributed by atoms with van der Waals surface area (Å²) < 4.78 is 12.0. The second-order valence-corrected chi connectivity index (χ2v) is 8.07. The van der Waals surface area contributed by atoms with Gasteiger partial charge in [-0.3, -0.25) is 4.79 Å². The van der Waals surface area contributed by atoms with Crippen LogP contribution in [0.15, 0.2) is 24.3 Å². The third-order valence-corrected chi connectivity index (χ3v) is 5.92. The van der Waals surface area contributed by atoms with Crippen molar-refractivity contribution in [2.45, 2.75) is 76.6 Å². The van der Waals surface area contributed by atoms with Crippen molar-refractivity contribution in [2.24, 2.45) is 17.8 Å². The maximum absolute atomic E-state index is 10.6. The zero-order valence-corrected chi connectivity index (χ0v) is 17.5. The Morgan fingerprint density at radius 3 is 2.69 bits per heavy atom. The van der Waals surface area contributed by atoms with Crippen LogP contribution in [0.3, 0.4) is 0 Å². The number of carboxylic acid groups (broad SMARTS) is 1. The summed E-state index contributed by atoms with van der Waals surface area (Å²) in [6.45, 7) is 3.21. The van der Waals surface area contributed by atoms with Gasteiger partial charge < -0.3 is 19.7 Å². The number of nitrogens with zero attached hydrogens (tertiary/aromatic N) is 1. The molecule has 1 saturated heterocycles. The Balaban J connectivity index is 2.03. The average molecular weight is 406 g/mol. The Hall–Kier alpha value is -1.68. The van der Waals surface area contributed by atoms with Gasteiger partial charge in [0.2, 0.25) is 0 Å². The van der Waals surface area contributed by atoms with E-state index in [0.717, 1.165) is 25.7 Å². The number of aliphatic carboxylic acids is 1. The monoisotopic (exact) mass is 405 g/mol. The average Bonchev–Trinajstić information content (AvgIpc) is 3.28. The van der Waals surface area contributed by atoms with Crippen LogP contribution in [-0.4, -0.2) is 41.3 Å². The summed E-state index contributed by atoms with van der Waals surface area (Å²) in [5, 5.41) is 28.7. The quantitative estimate of drug-likeness (QED) is 0.373. The molecule has 2 fully saturated rings. The highest BCUT2D eigenvalue weighted by Gasteiger charge is 2.56. The van der Waals surface area contributed by atoms with E-state index in [9.17, 15) is 15.2 Å². The predicted octanol–water partition coefficient (Wildman–Crippen LogP) is 4.20. The fraction of sp³-hybridized carbons (Fsp3) is 0.739. The minimum Gasteiger partial charge on any atom is -0.481 e. The fourth-order valence-corrected chi connectivity index (χ4v) is 4.39. The first-order valence-corrected chi connectivity index (χ1v) is 10.9. The standard InChI is InChI=1S/C23H35NO5/c1-2-3-6-9-19(25)12-13-20-18(17-24)16-23(28-14-15-29-23)21(20)10-7-4-5-8-11-22(26)27/h4,7,12-13,18-21,25H,2-3,5-6,8-11,14-16H2,1H3,(H,26,27). The SMILES string of the molecule is CCCCCC(O)C=CC1C(C#N)CC2(OCCO2)C1CC=CCCCC(=O)O. The molecule has 162 valence electrons. The lowest BCUT2D eigenvalue weighted by Gasteiger charge is -2.30. The number of unbranched alkanes of at least 4 members (excludes halogenated alkanes) is 3. The molecule has 1 heterocycles. The van der Waals surface area contributed by atoms with Gasteiger partial charge in [0.05, 0.1) is 31.3 Å². The van der Waals surface area contributed by atoms with Crippen LogP contribution in [0, 0.1) is 29.1 Å². The van der Waals surface area contributed by atoms with Crippen molar-refractivity contribution in [1.29, 1.82) is 5.26 Å². The first-order chi connectivity index (χ1) is 14.0. The molecular formula is C23H35NO5. The van der Waals surface area contributed by atoms with Crippen LogP contribution < -0.4 is 0 Å². The molecule has 2 aliphatic rings. The van der Waals surface area contributed by atoms with Gasteiger partial charge in [-0.15, -0.1) is 0 Å². The predicted molar refractivity (Wildman–Crippen MR) is 110 cm³/mol.